The molecule has 4 N–H and O–H groups in total. The smallest absolute Gasteiger partial charge is 0.251 e. The van der Waals surface area contributed by atoms with Crippen molar-refractivity contribution in [3.05, 3.63) is 35.4 Å². The predicted octanol–water partition coefficient (Wildman–Crippen LogP) is 0.605. The summed E-state index contributed by atoms with van der Waals surface area (Å²) >= 11 is 0. The van der Waals surface area contributed by atoms with Crippen molar-refractivity contribution in [1.29, 1.82) is 0 Å². The number of nitrogens with zero attached hydrogens (tertiary/aromatic N) is 2. The minimum atomic E-state index is -0.101. The summed E-state index contributed by atoms with van der Waals surface area (Å²) in [6.07, 6.45) is 2.31. The van der Waals surface area contributed by atoms with Crippen LogP contribution in [-0.2, 0) is 0 Å². The molecule has 2 rings (SSSR count). The fraction of sp³-hybridized carbons (Fsp3) is 0.429. The van der Waals surface area contributed by atoms with Crippen molar-refractivity contribution < 1.29 is 10.0 Å². The Morgan fingerprint density at radius 3 is 2.65 bits per heavy atom. The van der Waals surface area contributed by atoms with Crippen LogP contribution in [0, 0.1) is 0 Å². The molecule has 6 heteroatoms. The van der Waals surface area contributed by atoms with Gasteiger partial charge in [0.25, 0.3) is 5.91 Å². The number of hydrogen-bond acceptors (Lipinski definition) is 4. The van der Waals surface area contributed by atoms with Gasteiger partial charge in [-0.2, -0.15) is 0 Å². The predicted molar refractivity (Wildman–Crippen MR) is 76.9 cm³/mol. The third-order valence-electron chi connectivity index (χ3n) is 3.72. The van der Waals surface area contributed by atoms with Gasteiger partial charge in [-0.1, -0.05) is 17.3 Å². The highest BCUT2D eigenvalue weighted by Crippen LogP contribution is 2.13. The number of oxime groups is 1. The molecule has 1 saturated heterocycles. The van der Waals surface area contributed by atoms with Gasteiger partial charge in [0.15, 0.2) is 5.84 Å². The molecule has 1 heterocycles. The normalized spacial score (nSPS) is 20.1. The Morgan fingerprint density at radius 2 is 2.10 bits per heavy atom. The van der Waals surface area contributed by atoms with Gasteiger partial charge in [-0.25, -0.2) is 0 Å². The van der Waals surface area contributed by atoms with Crippen LogP contribution in [0.5, 0.6) is 0 Å². The van der Waals surface area contributed by atoms with Crippen molar-refractivity contribution in [2.75, 3.05) is 20.1 Å². The minimum Gasteiger partial charge on any atom is -0.409 e. The SMILES string of the molecule is CN1CCCC1CNC(=O)c1ccc(/C(N)=N/O)cc1. The first-order valence-corrected chi connectivity index (χ1v) is 6.68. The van der Waals surface area contributed by atoms with Crippen LogP contribution in [0.4, 0.5) is 0 Å². The Bertz CT molecular complexity index is 498. The second kappa shape index (κ2) is 6.38. The number of benzene rings is 1. The van der Waals surface area contributed by atoms with Gasteiger partial charge >= 0.3 is 0 Å². The van der Waals surface area contributed by atoms with Crippen molar-refractivity contribution in [2.45, 2.75) is 18.9 Å². The van der Waals surface area contributed by atoms with Crippen molar-refractivity contribution in [3.8, 4) is 0 Å². The molecule has 1 atom stereocenters. The van der Waals surface area contributed by atoms with Gasteiger partial charge in [0.1, 0.15) is 0 Å². The molecular weight excluding hydrogens is 256 g/mol. The topological polar surface area (TPSA) is 91.0 Å². The van der Waals surface area contributed by atoms with E-state index in [1.807, 2.05) is 0 Å². The first-order chi connectivity index (χ1) is 9.61. The Kier molecular flexibility index (Phi) is 4.57. The quantitative estimate of drug-likeness (QED) is 0.325. The maximum atomic E-state index is 12.0. The molecule has 1 aliphatic rings. The summed E-state index contributed by atoms with van der Waals surface area (Å²) in [5.41, 5.74) is 6.62. The molecule has 0 radical (unpaired) electrons. The van der Waals surface area contributed by atoms with Crippen molar-refractivity contribution in [3.63, 3.8) is 0 Å². The molecule has 6 nitrogen and oxygen atoms in total. The van der Waals surface area contributed by atoms with Gasteiger partial charge in [-0.3, -0.25) is 4.79 Å². The van der Waals surface area contributed by atoms with Crippen LogP contribution in [-0.4, -0.2) is 48.0 Å². The van der Waals surface area contributed by atoms with E-state index in [4.69, 9.17) is 10.9 Å². The molecule has 0 aliphatic carbocycles. The van der Waals surface area contributed by atoms with Gasteiger partial charge in [0.05, 0.1) is 0 Å². The molecule has 1 aromatic carbocycles. The summed E-state index contributed by atoms with van der Waals surface area (Å²) in [5.74, 6) is -0.0686. The molecule has 0 bridgehead atoms. The second-order valence-corrected chi connectivity index (χ2v) is 5.05. The number of nitrogens with one attached hydrogen (secondary N) is 1. The number of likely N-dealkylation sites (tertiary alicyclic amines) is 1. The van der Waals surface area contributed by atoms with Gasteiger partial charge in [-0.05, 0) is 38.6 Å². The number of amides is 1. The molecule has 0 saturated carbocycles. The van der Waals surface area contributed by atoms with Crippen LogP contribution >= 0.6 is 0 Å². The lowest BCUT2D eigenvalue weighted by molar-refractivity contribution is 0.0943. The van der Waals surface area contributed by atoms with E-state index in [2.05, 4.69) is 22.4 Å². The van der Waals surface area contributed by atoms with Crippen molar-refractivity contribution >= 4 is 11.7 Å². The van der Waals surface area contributed by atoms with Gasteiger partial charge in [-0.15, -0.1) is 0 Å². The summed E-state index contributed by atoms with van der Waals surface area (Å²) < 4.78 is 0. The van der Waals surface area contributed by atoms with Crippen LogP contribution in [0.25, 0.3) is 0 Å². The zero-order chi connectivity index (χ0) is 14.5. The molecule has 1 amide bonds. The first-order valence-electron chi connectivity index (χ1n) is 6.68. The van der Waals surface area contributed by atoms with E-state index in [9.17, 15) is 4.79 Å². The fourth-order valence-electron chi connectivity index (χ4n) is 2.40. The molecule has 108 valence electrons. The summed E-state index contributed by atoms with van der Waals surface area (Å²) in [5, 5.41) is 14.4. The number of carbonyl (C=O) groups excluding carboxylic acids is 1. The lowest BCUT2D eigenvalue weighted by Crippen LogP contribution is -2.38. The summed E-state index contributed by atoms with van der Waals surface area (Å²) in [4.78, 5) is 14.3. The van der Waals surface area contributed by atoms with Gasteiger partial charge < -0.3 is 21.2 Å². The fourth-order valence-corrected chi connectivity index (χ4v) is 2.40. The molecular formula is C14H20N4O2. The zero-order valence-electron chi connectivity index (χ0n) is 11.5. The second-order valence-electron chi connectivity index (χ2n) is 5.05. The van der Waals surface area contributed by atoms with Crippen LogP contribution < -0.4 is 11.1 Å². The molecule has 1 unspecified atom stereocenters. The Labute approximate surface area is 118 Å². The number of carbonyl (C=O) groups is 1. The average molecular weight is 276 g/mol. The third-order valence-corrected chi connectivity index (χ3v) is 3.72. The average Bonchev–Trinajstić information content (AvgIpc) is 2.89. The maximum absolute atomic E-state index is 12.0. The van der Waals surface area contributed by atoms with Gasteiger partial charge in [0.2, 0.25) is 0 Å². The van der Waals surface area contributed by atoms with Crippen molar-refractivity contribution in [1.82, 2.24) is 10.2 Å². The minimum absolute atomic E-state index is 0.0320. The number of likely N-dealkylation sites (N-methyl/N-ethyl adjacent to an activating group) is 1. The monoisotopic (exact) mass is 276 g/mol. The van der Waals surface area contributed by atoms with Crippen LogP contribution in [0.3, 0.4) is 0 Å². The number of nitrogens with two attached hydrogens (primary N) is 1. The number of rotatable bonds is 4. The van der Waals surface area contributed by atoms with E-state index >= 15 is 0 Å². The molecule has 0 spiro atoms. The zero-order valence-corrected chi connectivity index (χ0v) is 11.5. The molecule has 1 fully saturated rings. The summed E-state index contributed by atoms with van der Waals surface area (Å²) in [6, 6.07) is 7.08. The highest BCUT2D eigenvalue weighted by Gasteiger charge is 2.21. The van der Waals surface area contributed by atoms with Crippen LogP contribution in [0.1, 0.15) is 28.8 Å². The molecule has 0 aromatic heterocycles. The maximum Gasteiger partial charge on any atom is 0.251 e. The van der Waals surface area contributed by atoms with E-state index < -0.39 is 0 Å². The largest absolute Gasteiger partial charge is 0.409 e. The van der Waals surface area contributed by atoms with E-state index in [0.717, 1.165) is 13.0 Å². The number of hydrogen-bond donors (Lipinski definition) is 3. The lowest BCUT2D eigenvalue weighted by atomic mass is 10.1. The first kappa shape index (κ1) is 14.3. The van der Waals surface area contributed by atoms with Crippen LogP contribution in [0.2, 0.25) is 0 Å². The molecule has 1 aliphatic heterocycles. The summed E-state index contributed by atoms with van der Waals surface area (Å²) in [6.45, 7) is 1.76. The Hall–Kier alpha value is -2.08. The lowest BCUT2D eigenvalue weighted by Gasteiger charge is -2.19. The van der Waals surface area contributed by atoms with E-state index in [1.54, 1.807) is 24.3 Å². The van der Waals surface area contributed by atoms with Crippen molar-refractivity contribution in [2.24, 2.45) is 10.9 Å². The number of amidine groups is 1. The Morgan fingerprint density at radius 1 is 1.45 bits per heavy atom. The van der Waals surface area contributed by atoms with Crippen LogP contribution in [0.15, 0.2) is 29.4 Å². The summed E-state index contributed by atoms with van der Waals surface area (Å²) in [7, 11) is 2.08. The van der Waals surface area contributed by atoms with E-state index in [1.165, 1.54) is 6.42 Å². The highest BCUT2D eigenvalue weighted by atomic mass is 16.4. The van der Waals surface area contributed by atoms with Gasteiger partial charge in [0, 0.05) is 23.7 Å². The molecule has 1 aromatic rings. The van der Waals surface area contributed by atoms with E-state index in [-0.39, 0.29) is 11.7 Å². The third kappa shape index (κ3) is 3.27. The van der Waals surface area contributed by atoms with E-state index in [0.29, 0.717) is 23.7 Å². The molecule has 20 heavy (non-hydrogen) atoms. The standard InChI is InChI=1S/C14H20N4O2/c1-18-8-2-3-12(18)9-16-14(19)11-6-4-10(5-7-11)13(15)17-20/h4-7,12,20H,2-3,8-9H2,1H3,(H2,15,17)(H,16,19). The highest BCUT2D eigenvalue weighted by molar-refractivity contribution is 5.99. The Balaban J connectivity index is 1.92.